The van der Waals surface area contributed by atoms with Crippen LogP contribution in [0.1, 0.15) is 41.6 Å². The van der Waals surface area contributed by atoms with E-state index in [4.69, 9.17) is 5.11 Å². The second-order valence-electron chi connectivity index (χ2n) is 5.29. The van der Waals surface area contributed by atoms with Crippen molar-refractivity contribution in [2.24, 2.45) is 0 Å². The number of carbonyl (C=O) groups is 1. The van der Waals surface area contributed by atoms with Crippen molar-refractivity contribution in [3.8, 4) is 0 Å². The average molecular weight is 293 g/mol. The molecule has 0 aromatic heterocycles. The molecule has 4 heteroatoms. The minimum absolute atomic E-state index is 0.140. The molecule has 1 N–H and O–H groups in total. The Balaban J connectivity index is 2.02. The van der Waals surface area contributed by atoms with E-state index in [9.17, 15) is 4.79 Å². The Bertz CT molecular complexity index is 433. The molecule has 1 saturated heterocycles. The molecule has 1 amide bonds. The number of likely N-dealkylation sites (tertiary alicyclic amines) is 1. The SMILES string of the molecule is CSCc1ccc(C(=O)N2CCCC2CCCO)cc1. The van der Waals surface area contributed by atoms with Crippen LogP contribution in [-0.2, 0) is 5.75 Å². The Hall–Kier alpha value is -1.00. The van der Waals surface area contributed by atoms with Crippen LogP contribution in [0.15, 0.2) is 24.3 Å². The van der Waals surface area contributed by atoms with Gasteiger partial charge in [0.1, 0.15) is 0 Å². The summed E-state index contributed by atoms with van der Waals surface area (Å²) in [6.07, 6.45) is 5.91. The highest BCUT2D eigenvalue weighted by Gasteiger charge is 2.28. The quantitative estimate of drug-likeness (QED) is 0.876. The van der Waals surface area contributed by atoms with Gasteiger partial charge in [-0.25, -0.2) is 0 Å². The van der Waals surface area contributed by atoms with Crippen LogP contribution in [0.4, 0.5) is 0 Å². The molecule has 0 spiro atoms. The second kappa shape index (κ2) is 7.70. The van der Waals surface area contributed by atoms with E-state index >= 15 is 0 Å². The largest absolute Gasteiger partial charge is 0.396 e. The molecule has 2 rings (SSSR count). The van der Waals surface area contributed by atoms with Crippen LogP contribution < -0.4 is 0 Å². The highest BCUT2D eigenvalue weighted by atomic mass is 32.2. The van der Waals surface area contributed by atoms with Gasteiger partial charge in [-0.2, -0.15) is 11.8 Å². The van der Waals surface area contributed by atoms with Crippen molar-refractivity contribution in [3.05, 3.63) is 35.4 Å². The van der Waals surface area contributed by atoms with Crippen LogP contribution in [0.2, 0.25) is 0 Å². The fourth-order valence-electron chi connectivity index (χ4n) is 2.81. The first-order chi connectivity index (χ1) is 9.76. The summed E-state index contributed by atoms with van der Waals surface area (Å²) in [5.41, 5.74) is 2.04. The van der Waals surface area contributed by atoms with Crippen LogP contribution >= 0.6 is 11.8 Å². The van der Waals surface area contributed by atoms with Gasteiger partial charge in [0.15, 0.2) is 0 Å². The fourth-order valence-corrected chi connectivity index (χ4v) is 3.33. The monoisotopic (exact) mass is 293 g/mol. The molecule has 20 heavy (non-hydrogen) atoms. The predicted octanol–water partition coefficient (Wildman–Crippen LogP) is 2.93. The molecule has 1 fully saturated rings. The van der Waals surface area contributed by atoms with Crippen LogP contribution in [0.5, 0.6) is 0 Å². The van der Waals surface area contributed by atoms with Crippen molar-refractivity contribution >= 4 is 17.7 Å². The van der Waals surface area contributed by atoms with Crippen LogP contribution in [0.25, 0.3) is 0 Å². The number of carbonyl (C=O) groups excluding carboxylic acids is 1. The molecular weight excluding hydrogens is 270 g/mol. The van der Waals surface area contributed by atoms with Gasteiger partial charge in [-0.1, -0.05) is 12.1 Å². The fraction of sp³-hybridized carbons (Fsp3) is 0.562. The number of aliphatic hydroxyl groups excluding tert-OH is 1. The van der Waals surface area contributed by atoms with Gasteiger partial charge in [0.25, 0.3) is 5.91 Å². The van der Waals surface area contributed by atoms with Crippen molar-refractivity contribution in [2.75, 3.05) is 19.4 Å². The summed E-state index contributed by atoms with van der Waals surface area (Å²) in [5, 5.41) is 8.94. The van der Waals surface area contributed by atoms with E-state index in [0.717, 1.165) is 43.5 Å². The lowest BCUT2D eigenvalue weighted by Crippen LogP contribution is -2.35. The summed E-state index contributed by atoms with van der Waals surface area (Å²) in [4.78, 5) is 14.5. The van der Waals surface area contributed by atoms with Gasteiger partial charge in [0.05, 0.1) is 0 Å². The number of hydrogen-bond donors (Lipinski definition) is 1. The smallest absolute Gasteiger partial charge is 0.254 e. The molecule has 110 valence electrons. The lowest BCUT2D eigenvalue weighted by atomic mass is 10.1. The van der Waals surface area contributed by atoms with Crippen LogP contribution in [0.3, 0.4) is 0 Å². The zero-order valence-electron chi connectivity index (χ0n) is 12.0. The summed E-state index contributed by atoms with van der Waals surface area (Å²) < 4.78 is 0. The van der Waals surface area contributed by atoms with E-state index in [0.29, 0.717) is 6.04 Å². The van der Waals surface area contributed by atoms with Gasteiger partial charge in [-0.3, -0.25) is 4.79 Å². The first kappa shape index (κ1) is 15.4. The molecular formula is C16H23NO2S. The lowest BCUT2D eigenvalue weighted by molar-refractivity contribution is 0.0724. The molecule has 0 bridgehead atoms. The summed E-state index contributed by atoms with van der Waals surface area (Å²) in [5.74, 6) is 1.12. The van der Waals surface area contributed by atoms with Gasteiger partial charge >= 0.3 is 0 Å². The Morgan fingerprint density at radius 1 is 1.40 bits per heavy atom. The summed E-state index contributed by atoms with van der Waals surface area (Å²) in [7, 11) is 0. The third-order valence-corrected chi connectivity index (χ3v) is 4.47. The summed E-state index contributed by atoms with van der Waals surface area (Å²) in [6.45, 7) is 1.06. The number of aliphatic hydroxyl groups is 1. The van der Waals surface area contributed by atoms with E-state index in [1.165, 1.54) is 5.56 Å². The number of rotatable bonds is 6. The van der Waals surface area contributed by atoms with Crippen molar-refractivity contribution in [2.45, 2.75) is 37.5 Å². The average Bonchev–Trinajstić information content (AvgIpc) is 2.94. The Labute approximate surface area is 125 Å². The third kappa shape index (κ3) is 3.76. The van der Waals surface area contributed by atoms with Gasteiger partial charge in [0.2, 0.25) is 0 Å². The van der Waals surface area contributed by atoms with Crippen molar-refractivity contribution in [1.82, 2.24) is 4.90 Å². The third-order valence-electron chi connectivity index (χ3n) is 3.85. The maximum atomic E-state index is 12.5. The lowest BCUT2D eigenvalue weighted by Gasteiger charge is -2.24. The van der Waals surface area contributed by atoms with Crippen LogP contribution in [0, 0.1) is 0 Å². The molecule has 1 aromatic carbocycles. The van der Waals surface area contributed by atoms with Gasteiger partial charge in [-0.15, -0.1) is 0 Å². The minimum Gasteiger partial charge on any atom is -0.396 e. The topological polar surface area (TPSA) is 40.5 Å². The van der Waals surface area contributed by atoms with Gasteiger partial charge < -0.3 is 10.0 Å². The first-order valence-corrected chi connectivity index (χ1v) is 8.65. The molecule has 1 atom stereocenters. The zero-order valence-corrected chi connectivity index (χ0v) is 12.9. The van der Waals surface area contributed by atoms with E-state index in [1.54, 1.807) is 11.8 Å². The molecule has 0 radical (unpaired) electrons. The maximum absolute atomic E-state index is 12.5. The molecule has 1 heterocycles. The normalized spacial score (nSPS) is 18.5. The first-order valence-electron chi connectivity index (χ1n) is 7.26. The highest BCUT2D eigenvalue weighted by Crippen LogP contribution is 2.23. The van der Waals surface area contributed by atoms with Crippen molar-refractivity contribution < 1.29 is 9.90 Å². The summed E-state index contributed by atoms with van der Waals surface area (Å²) >= 11 is 1.78. The molecule has 1 unspecified atom stereocenters. The van der Waals surface area contributed by atoms with E-state index < -0.39 is 0 Å². The number of amides is 1. The number of hydrogen-bond acceptors (Lipinski definition) is 3. The molecule has 1 aliphatic heterocycles. The second-order valence-corrected chi connectivity index (χ2v) is 6.16. The van der Waals surface area contributed by atoms with Crippen LogP contribution in [-0.4, -0.2) is 41.4 Å². The standard InChI is InChI=1S/C16H23NO2S/c1-20-12-13-6-8-14(9-7-13)16(19)17-10-2-4-15(17)5-3-11-18/h6-9,15,18H,2-5,10-12H2,1H3. The minimum atomic E-state index is 0.140. The number of nitrogens with zero attached hydrogens (tertiary/aromatic N) is 1. The Morgan fingerprint density at radius 2 is 2.15 bits per heavy atom. The van der Waals surface area contributed by atoms with Crippen molar-refractivity contribution in [1.29, 1.82) is 0 Å². The van der Waals surface area contributed by atoms with Gasteiger partial charge in [-0.05, 0) is 49.6 Å². The van der Waals surface area contributed by atoms with E-state index in [-0.39, 0.29) is 12.5 Å². The molecule has 3 nitrogen and oxygen atoms in total. The molecule has 0 saturated carbocycles. The number of benzene rings is 1. The zero-order chi connectivity index (χ0) is 14.4. The number of thioether (sulfide) groups is 1. The Kier molecular flexibility index (Phi) is 5.92. The van der Waals surface area contributed by atoms with E-state index in [2.05, 4.69) is 6.26 Å². The maximum Gasteiger partial charge on any atom is 0.254 e. The van der Waals surface area contributed by atoms with Crippen molar-refractivity contribution in [3.63, 3.8) is 0 Å². The predicted molar refractivity (Wildman–Crippen MR) is 84.0 cm³/mol. The molecule has 0 aliphatic carbocycles. The highest BCUT2D eigenvalue weighted by molar-refractivity contribution is 7.97. The Morgan fingerprint density at radius 3 is 2.80 bits per heavy atom. The van der Waals surface area contributed by atoms with E-state index in [1.807, 2.05) is 29.2 Å². The summed E-state index contributed by atoms with van der Waals surface area (Å²) in [6, 6.07) is 8.27. The van der Waals surface area contributed by atoms with Gasteiger partial charge in [0, 0.05) is 30.5 Å². The molecule has 1 aliphatic rings. The molecule has 1 aromatic rings.